The topological polar surface area (TPSA) is 94.6 Å². The van der Waals surface area contributed by atoms with Crippen LogP contribution in [-0.4, -0.2) is 58.9 Å². The second-order valence-corrected chi connectivity index (χ2v) is 6.28. The molecule has 1 aliphatic heterocycles. The van der Waals surface area contributed by atoms with E-state index in [1.54, 1.807) is 4.68 Å². The molecule has 9 heteroatoms. The van der Waals surface area contributed by atoms with Crippen LogP contribution >= 0.6 is 0 Å². The number of carbonyl (C=O) groups is 1. The fourth-order valence-corrected chi connectivity index (χ4v) is 3.11. The molecule has 0 saturated carbocycles. The van der Waals surface area contributed by atoms with Crippen molar-refractivity contribution >= 4 is 5.91 Å². The number of nitrogens with zero attached hydrogens (tertiary/aromatic N) is 8. The second kappa shape index (κ2) is 7.42. The maximum absolute atomic E-state index is 12.4. The number of tetrazole rings is 1. The third-order valence-electron chi connectivity index (χ3n) is 4.48. The fraction of sp³-hybridized carbons (Fsp3) is 0.412. The average Bonchev–Trinajstić information content (AvgIpc) is 3.27. The molecule has 0 aliphatic carbocycles. The van der Waals surface area contributed by atoms with Crippen LogP contribution in [0.5, 0.6) is 0 Å². The Morgan fingerprint density at radius 3 is 2.81 bits per heavy atom. The van der Waals surface area contributed by atoms with Gasteiger partial charge in [-0.1, -0.05) is 30.3 Å². The van der Waals surface area contributed by atoms with Gasteiger partial charge in [0.15, 0.2) is 5.82 Å². The van der Waals surface area contributed by atoms with E-state index in [0.717, 1.165) is 24.5 Å². The Balaban J connectivity index is 1.34. The van der Waals surface area contributed by atoms with Crippen LogP contribution in [0.25, 0.3) is 0 Å². The summed E-state index contributed by atoms with van der Waals surface area (Å²) in [4.78, 5) is 19.0. The van der Waals surface area contributed by atoms with Gasteiger partial charge in [-0.3, -0.25) is 4.79 Å². The molecule has 3 heterocycles. The van der Waals surface area contributed by atoms with Gasteiger partial charge in [-0.05, 0) is 16.0 Å². The lowest BCUT2D eigenvalue weighted by Crippen LogP contribution is -2.34. The Morgan fingerprint density at radius 2 is 2.00 bits per heavy atom. The number of hydrogen-bond donors (Lipinski definition) is 0. The lowest BCUT2D eigenvalue weighted by Gasteiger charge is -2.19. The lowest BCUT2D eigenvalue weighted by atomic mass is 10.1. The van der Waals surface area contributed by atoms with E-state index in [2.05, 4.69) is 37.7 Å². The molecule has 0 radical (unpaired) electrons. The summed E-state index contributed by atoms with van der Waals surface area (Å²) in [5, 5.41) is 15.6. The molecule has 0 bridgehead atoms. The summed E-state index contributed by atoms with van der Waals surface area (Å²) in [5.74, 6) is 1.90. The van der Waals surface area contributed by atoms with Crippen molar-refractivity contribution in [3.05, 3.63) is 53.9 Å². The van der Waals surface area contributed by atoms with Gasteiger partial charge in [-0.2, -0.15) is 5.10 Å². The molecule has 0 fully saturated rings. The van der Waals surface area contributed by atoms with Gasteiger partial charge in [0.1, 0.15) is 12.2 Å². The Bertz CT molecular complexity index is 833. The van der Waals surface area contributed by atoms with Crippen molar-refractivity contribution in [2.75, 3.05) is 13.1 Å². The van der Waals surface area contributed by atoms with E-state index in [9.17, 15) is 4.79 Å². The zero-order valence-electron chi connectivity index (χ0n) is 14.4. The maximum atomic E-state index is 12.4. The molecule has 0 N–H and O–H groups in total. The van der Waals surface area contributed by atoms with Gasteiger partial charge in [0.2, 0.25) is 5.91 Å². The standard InChI is InChI=1S/C17H20N8O/c26-17(7-9-24-13-18-21-22-24)23-8-6-16-19-15(20-25(16)11-10-23)12-14-4-2-1-3-5-14/h1-5,13H,6-12H2. The van der Waals surface area contributed by atoms with Gasteiger partial charge in [-0.25, -0.2) is 14.3 Å². The highest BCUT2D eigenvalue weighted by molar-refractivity contribution is 5.76. The smallest absolute Gasteiger partial charge is 0.224 e. The number of aromatic nitrogens is 7. The molecular weight excluding hydrogens is 332 g/mol. The molecule has 2 aromatic heterocycles. The summed E-state index contributed by atoms with van der Waals surface area (Å²) in [5.41, 5.74) is 1.20. The minimum atomic E-state index is 0.107. The zero-order chi connectivity index (χ0) is 17.8. The maximum Gasteiger partial charge on any atom is 0.224 e. The number of carbonyl (C=O) groups excluding carboxylic acids is 1. The van der Waals surface area contributed by atoms with E-state index in [1.165, 1.54) is 11.9 Å². The van der Waals surface area contributed by atoms with Crippen molar-refractivity contribution in [2.45, 2.75) is 32.4 Å². The van der Waals surface area contributed by atoms with Crippen molar-refractivity contribution in [3.8, 4) is 0 Å². The van der Waals surface area contributed by atoms with Gasteiger partial charge >= 0.3 is 0 Å². The Hall–Kier alpha value is -3.10. The molecule has 1 aromatic carbocycles. The SMILES string of the molecule is O=C(CCn1cnnn1)N1CCc2nc(Cc3ccccc3)nn2CC1. The van der Waals surface area contributed by atoms with Crippen LogP contribution in [0.4, 0.5) is 0 Å². The summed E-state index contributed by atoms with van der Waals surface area (Å²) < 4.78 is 3.51. The first-order valence-electron chi connectivity index (χ1n) is 8.73. The van der Waals surface area contributed by atoms with Crippen molar-refractivity contribution in [1.29, 1.82) is 0 Å². The van der Waals surface area contributed by atoms with Crippen LogP contribution < -0.4 is 0 Å². The Morgan fingerprint density at radius 1 is 1.12 bits per heavy atom. The largest absolute Gasteiger partial charge is 0.340 e. The van der Waals surface area contributed by atoms with Crippen molar-refractivity contribution in [1.82, 2.24) is 39.9 Å². The normalized spacial score (nSPS) is 14.1. The van der Waals surface area contributed by atoms with Gasteiger partial charge in [0.25, 0.3) is 0 Å². The third kappa shape index (κ3) is 3.76. The minimum Gasteiger partial charge on any atom is -0.340 e. The van der Waals surface area contributed by atoms with Gasteiger partial charge in [0.05, 0.1) is 13.1 Å². The number of aryl methyl sites for hydroxylation is 1. The van der Waals surface area contributed by atoms with E-state index < -0.39 is 0 Å². The summed E-state index contributed by atoms with van der Waals surface area (Å²) in [7, 11) is 0. The van der Waals surface area contributed by atoms with Gasteiger partial charge in [-0.15, -0.1) is 5.10 Å². The summed E-state index contributed by atoms with van der Waals surface area (Å²) in [6.07, 6.45) is 3.36. The number of amides is 1. The van der Waals surface area contributed by atoms with E-state index >= 15 is 0 Å². The van der Waals surface area contributed by atoms with Crippen molar-refractivity contribution in [2.24, 2.45) is 0 Å². The number of hydrogen-bond acceptors (Lipinski definition) is 6. The second-order valence-electron chi connectivity index (χ2n) is 6.28. The highest BCUT2D eigenvalue weighted by atomic mass is 16.2. The molecular formula is C17H20N8O. The van der Waals surface area contributed by atoms with Crippen LogP contribution in [0, 0.1) is 0 Å². The Labute approximate surface area is 150 Å². The Kier molecular flexibility index (Phi) is 4.67. The summed E-state index contributed by atoms with van der Waals surface area (Å²) in [6, 6.07) is 10.2. The highest BCUT2D eigenvalue weighted by Crippen LogP contribution is 2.11. The van der Waals surface area contributed by atoms with Crippen molar-refractivity contribution < 1.29 is 4.79 Å². The molecule has 4 rings (SSSR count). The van der Waals surface area contributed by atoms with E-state index in [-0.39, 0.29) is 5.91 Å². The molecule has 0 saturated heterocycles. The monoisotopic (exact) mass is 352 g/mol. The first-order valence-corrected chi connectivity index (χ1v) is 8.73. The molecule has 3 aromatic rings. The first kappa shape index (κ1) is 16.4. The third-order valence-corrected chi connectivity index (χ3v) is 4.48. The average molecular weight is 352 g/mol. The van der Waals surface area contributed by atoms with Crippen LogP contribution in [0.15, 0.2) is 36.7 Å². The minimum absolute atomic E-state index is 0.107. The molecule has 0 unspecified atom stereocenters. The number of fused-ring (bicyclic) bond motifs is 1. The molecule has 0 atom stereocenters. The van der Waals surface area contributed by atoms with Crippen LogP contribution in [0.1, 0.15) is 23.6 Å². The predicted octanol–water partition coefficient (Wildman–Crippen LogP) is 0.330. The molecule has 0 spiro atoms. The van der Waals surface area contributed by atoms with E-state index in [4.69, 9.17) is 0 Å². The quantitative estimate of drug-likeness (QED) is 0.657. The number of benzene rings is 1. The summed E-state index contributed by atoms with van der Waals surface area (Å²) in [6.45, 7) is 2.48. The van der Waals surface area contributed by atoms with E-state index in [0.29, 0.717) is 32.6 Å². The molecule has 26 heavy (non-hydrogen) atoms. The van der Waals surface area contributed by atoms with Crippen LogP contribution in [0.3, 0.4) is 0 Å². The molecule has 134 valence electrons. The van der Waals surface area contributed by atoms with Crippen molar-refractivity contribution in [3.63, 3.8) is 0 Å². The van der Waals surface area contributed by atoms with Crippen LogP contribution in [-0.2, 0) is 30.7 Å². The lowest BCUT2D eigenvalue weighted by molar-refractivity contribution is -0.131. The van der Waals surface area contributed by atoms with Crippen LogP contribution in [0.2, 0.25) is 0 Å². The van der Waals surface area contributed by atoms with Gasteiger partial charge in [0, 0.05) is 32.4 Å². The highest BCUT2D eigenvalue weighted by Gasteiger charge is 2.20. The summed E-state index contributed by atoms with van der Waals surface area (Å²) >= 11 is 0. The zero-order valence-corrected chi connectivity index (χ0v) is 14.4. The molecule has 9 nitrogen and oxygen atoms in total. The number of rotatable bonds is 5. The fourth-order valence-electron chi connectivity index (χ4n) is 3.11. The van der Waals surface area contributed by atoms with E-state index in [1.807, 2.05) is 27.8 Å². The van der Waals surface area contributed by atoms with Gasteiger partial charge < -0.3 is 4.90 Å². The molecule has 1 aliphatic rings. The predicted molar refractivity (Wildman–Crippen MR) is 92.0 cm³/mol. The first-order chi connectivity index (χ1) is 12.8. The molecule has 1 amide bonds.